The van der Waals surface area contributed by atoms with Gasteiger partial charge in [-0.15, -0.1) is 0 Å². The first-order chi connectivity index (χ1) is 9.74. The third-order valence-corrected chi connectivity index (χ3v) is 3.12. The number of halogens is 1. The average molecular weight is 306 g/mol. The van der Waals surface area contributed by atoms with Crippen LogP contribution in [0.4, 0.5) is 0 Å². The molecule has 0 amide bonds. The maximum absolute atomic E-state index is 12.0. The summed E-state index contributed by atoms with van der Waals surface area (Å²) >= 11 is 0. The minimum absolute atomic E-state index is 0. The SMILES string of the molecule is COC(=O)C(Cc1ccccc1)[n+]1ccc(C=O)cc1.[Cl-]. The lowest BCUT2D eigenvalue weighted by Gasteiger charge is -2.10. The Hall–Kier alpha value is -2.20. The summed E-state index contributed by atoms with van der Waals surface area (Å²) in [6.45, 7) is 0. The zero-order chi connectivity index (χ0) is 14.4. The van der Waals surface area contributed by atoms with Crippen molar-refractivity contribution in [2.75, 3.05) is 7.11 Å². The number of hydrogen-bond donors (Lipinski definition) is 0. The number of pyridine rings is 1. The van der Waals surface area contributed by atoms with Gasteiger partial charge in [0.1, 0.15) is 0 Å². The zero-order valence-corrected chi connectivity index (χ0v) is 12.4. The first kappa shape index (κ1) is 16.9. The number of ether oxygens (including phenoxy) is 1. The highest BCUT2D eigenvalue weighted by atomic mass is 35.5. The molecule has 0 bridgehead atoms. The molecule has 0 aliphatic heterocycles. The number of nitrogens with zero attached hydrogens (tertiary/aromatic N) is 1. The van der Waals surface area contributed by atoms with Gasteiger partial charge in [0.05, 0.1) is 7.11 Å². The van der Waals surface area contributed by atoms with Crippen LogP contribution in [-0.2, 0) is 16.0 Å². The number of hydrogen-bond acceptors (Lipinski definition) is 3. The highest BCUT2D eigenvalue weighted by molar-refractivity contribution is 5.74. The maximum atomic E-state index is 12.0. The summed E-state index contributed by atoms with van der Waals surface area (Å²) in [4.78, 5) is 22.6. The van der Waals surface area contributed by atoms with Crippen molar-refractivity contribution in [3.05, 3.63) is 66.0 Å². The van der Waals surface area contributed by atoms with Gasteiger partial charge in [0.15, 0.2) is 18.7 Å². The molecule has 2 rings (SSSR count). The van der Waals surface area contributed by atoms with Crippen molar-refractivity contribution in [2.24, 2.45) is 0 Å². The Balaban J connectivity index is 0.00000220. The molecule has 0 spiro atoms. The van der Waals surface area contributed by atoms with Gasteiger partial charge in [-0.25, -0.2) is 4.79 Å². The number of aromatic nitrogens is 1. The lowest BCUT2D eigenvalue weighted by molar-refractivity contribution is -0.710. The highest BCUT2D eigenvalue weighted by Gasteiger charge is 2.28. The van der Waals surface area contributed by atoms with Gasteiger partial charge in [-0.3, -0.25) is 4.79 Å². The number of esters is 1. The normalized spacial score (nSPS) is 11.1. The van der Waals surface area contributed by atoms with E-state index in [0.717, 1.165) is 11.8 Å². The van der Waals surface area contributed by atoms with E-state index >= 15 is 0 Å². The molecule has 4 nitrogen and oxygen atoms in total. The highest BCUT2D eigenvalue weighted by Crippen LogP contribution is 2.10. The molecule has 0 fully saturated rings. The molecular formula is C16H16ClNO3. The Kier molecular flexibility index (Phi) is 6.56. The molecule has 2 aromatic rings. The maximum Gasteiger partial charge on any atom is 0.375 e. The van der Waals surface area contributed by atoms with Gasteiger partial charge in [0, 0.05) is 24.1 Å². The standard InChI is InChI=1S/C16H16NO3.ClH/c1-20-16(19)15(11-13-5-3-2-4-6-13)17-9-7-14(12-18)8-10-17;/h2-10,12,15H,11H2,1H3;1H/q+1;/p-1. The van der Waals surface area contributed by atoms with Crippen LogP contribution >= 0.6 is 0 Å². The molecular weight excluding hydrogens is 290 g/mol. The Morgan fingerprint density at radius 2 is 1.81 bits per heavy atom. The summed E-state index contributed by atoms with van der Waals surface area (Å²) in [5.41, 5.74) is 1.62. The number of aldehydes is 1. The molecule has 1 aromatic heterocycles. The third-order valence-electron chi connectivity index (χ3n) is 3.12. The van der Waals surface area contributed by atoms with E-state index in [1.807, 2.05) is 30.3 Å². The largest absolute Gasteiger partial charge is 1.00 e. The minimum atomic E-state index is -0.442. The van der Waals surface area contributed by atoms with Crippen LogP contribution in [-0.4, -0.2) is 19.4 Å². The topological polar surface area (TPSA) is 47.2 Å². The van der Waals surface area contributed by atoms with Gasteiger partial charge in [-0.05, 0) is 5.56 Å². The summed E-state index contributed by atoms with van der Waals surface area (Å²) < 4.78 is 6.62. The summed E-state index contributed by atoms with van der Waals surface area (Å²) in [5, 5.41) is 0. The fraction of sp³-hybridized carbons (Fsp3) is 0.188. The van der Waals surface area contributed by atoms with Crippen LogP contribution in [0.25, 0.3) is 0 Å². The van der Waals surface area contributed by atoms with Crippen molar-refractivity contribution in [3.63, 3.8) is 0 Å². The summed E-state index contributed by atoms with van der Waals surface area (Å²) in [6.07, 6.45) is 4.75. The first-order valence-corrected chi connectivity index (χ1v) is 6.32. The van der Waals surface area contributed by atoms with E-state index < -0.39 is 6.04 Å². The second-order valence-electron chi connectivity index (χ2n) is 4.43. The molecule has 0 aliphatic carbocycles. The van der Waals surface area contributed by atoms with Crippen LogP contribution < -0.4 is 17.0 Å². The van der Waals surface area contributed by atoms with E-state index in [4.69, 9.17) is 4.74 Å². The molecule has 1 heterocycles. The summed E-state index contributed by atoms with van der Waals surface area (Å²) in [7, 11) is 1.38. The van der Waals surface area contributed by atoms with Crippen LogP contribution in [0.5, 0.6) is 0 Å². The van der Waals surface area contributed by atoms with Gasteiger partial charge in [-0.2, -0.15) is 4.57 Å². The van der Waals surface area contributed by atoms with Crippen molar-refractivity contribution < 1.29 is 31.3 Å². The molecule has 0 aliphatic rings. The summed E-state index contributed by atoms with van der Waals surface area (Å²) in [5.74, 6) is -0.308. The second kappa shape index (κ2) is 8.17. The van der Waals surface area contributed by atoms with E-state index in [2.05, 4.69) is 0 Å². The monoisotopic (exact) mass is 305 g/mol. The lowest BCUT2D eigenvalue weighted by atomic mass is 10.1. The van der Waals surface area contributed by atoms with Gasteiger partial charge >= 0.3 is 5.97 Å². The number of carbonyl (C=O) groups is 2. The molecule has 21 heavy (non-hydrogen) atoms. The van der Waals surface area contributed by atoms with E-state index in [-0.39, 0.29) is 18.4 Å². The molecule has 0 saturated carbocycles. The number of rotatable bonds is 5. The number of methoxy groups -OCH3 is 1. The van der Waals surface area contributed by atoms with E-state index in [1.165, 1.54) is 7.11 Å². The zero-order valence-electron chi connectivity index (χ0n) is 11.6. The molecule has 0 N–H and O–H groups in total. The predicted molar refractivity (Wildman–Crippen MR) is 73.2 cm³/mol. The van der Waals surface area contributed by atoms with Crippen LogP contribution in [0, 0.1) is 0 Å². The van der Waals surface area contributed by atoms with Crippen molar-refractivity contribution >= 4 is 12.3 Å². The van der Waals surface area contributed by atoms with Gasteiger partial charge in [-0.1, -0.05) is 30.3 Å². The molecule has 1 unspecified atom stereocenters. The molecule has 1 atom stereocenters. The van der Waals surface area contributed by atoms with Crippen LogP contribution in [0.15, 0.2) is 54.9 Å². The van der Waals surface area contributed by atoms with E-state index in [1.54, 1.807) is 29.1 Å². The van der Waals surface area contributed by atoms with Crippen molar-refractivity contribution in [1.29, 1.82) is 0 Å². The van der Waals surface area contributed by atoms with Crippen molar-refractivity contribution in [1.82, 2.24) is 0 Å². The molecule has 5 heteroatoms. The van der Waals surface area contributed by atoms with Gasteiger partial charge in [0.2, 0.25) is 0 Å². The van der Waals surface area contributed by atoms with Crippen LogP contribution in [0.2, 0.25) is 0 Å². The predicted octanol–water partition coefficient (Wildman–Crippen LogP) is -1.25. The minimum Gasteiger partial charge on any atom is -1.00 e. The van der Waals surface area contributed by atoms with Crippen LogP contribution in [0.3, 0.4) is 0 Å². The Morgan fingerprint density at radius 1 is 1.19 bits per heavy atom. The number of carbonyl (C=O) groups excluding carboxylic acids is 2. The van der Waals surface area contributed by atoms with Gasteiger partial charge < -0.3 is 17.1 Å². The first-order valence-electron chi connectivity index (χ1n) is 6.32. The molecule has 110 valence electrons. The quantitative estimate of drug-likeness (QED) is 0.394. The molecule has 0 saturated heterocycles. The fourth-order valence-corrected chi connectivity index (χ4v) is 2.02. The number of benzene rings is 1. The Morgan fingerprint density at radius 3 is 2.33 bits per heavy atom. The van der Waals surface area contributed by atoms with Crippen molar-refractivity contribution in [2.45, 2.75) is 12.5 Å². The smallest absolute Gasteiger partial charge is 0.375 e. The molecule has 1 aromatic carbocycles. The second-order valence-corrected chi connectivity index (χ2v) is 4.43. The molecule has 0 radical (unpaired) electrons. The Bertz CT molecular complexity index is 584. The van der Waals surface area contributed by atoms with Gasteiger partial charge in [0.25, 0.3) is 6.04 Å². The lowest BCUT2D eigenvalue weighted by Crippen LogP contribution is -3.00. The van der Waals surface area contributed by atoms with E-state index in [0.29, 0.717) is 12.0 Å². The Labute approximate surface area is 129 Å². The third kappa shape index (κ3) is 4.39. The van der Waals surface area contributed by atoms with Crippen LogP contribution in [0.1, 0.15) is 22.0 Å². The van der Waals surface area contributed by atoms with E-state index in [9.17, 15) is 9.59 Å². The average Bonchev–Trinajstić information content (AvgIpc) is 2.53. The van der Waals surface area contributed by atoms with Crippen molar-refractivity contribution in [3.8, 4) is 0 Å². The summed E-state index contributed by atoms with van der Waals surface area (Å²) in [6, 6.07) is 12.6. The fourth-order valence-electron chi connectivity index (χ4n) is 2.02.